The predicted octanol–water partition coefficient (Wildman–Crippen LogP) is 2.20. The van der Waals surface area contributed by atoms with Gasteiger partial charge >= 0.3 is 0 Å². The van der Waals surface area contributed by atoms with Gasteiger partial charge in [-0.15, -0.1) is 12.4 Å². The number of nitrogens with one attached hydrogen (secondary N) is 2. The summed E-state index contributed by atoms with van der Waals surface area (Å²) >= 11 is 0. The maximum atomic E-state index is 12.5. The number of aryl methyl sites for hydroxylation is 2. The first-order chi connectivity index (χ1) is 9.52. The molecule has 2 rings (SSSR count). The standard InChI is InChI=1S/C15H26N4O.ClH/c1-5-8-19-12(4)14(11(3)18-19)15(20)17-13-6-7-16-10(2)9-13;/h10,13,16H,5-9H2,1-4H3,(H,17,20);1H. The van der Waals surface area contributed by atoms with Crippen LogP contribution >= 0.6 is 12.4 Å². The third-order valence-corrected chi connectivity index (χ3v) is 4.00. The van der Waals surface area contributed by atoms with Gasteiger partial charge in [0.15, 0.2) is 0 Å². The normalized spacial score (nSPS) is 21.7. The van der Waals surface area contributed by atoms with Gasteiger partial charge in [0.1, 0.15) is 0 Å². The summed E-state index contributed by atoms with van der Waals surface area (Å²) < 4.78 is 1.94. The molecule has 1 saturated heterocycles. The Morgan fingerprint density at radius 3 is 2.81 bits per heavy atom. The van der Waals surface area contributed by atoms with Crippen LogP contribution < -0.4 is 10.6 Å². The maximum Gasteiger partial charge on any atom is 0.255 e. The fraction of sp³-hybridized carbons (Fsp3) is 0.733. The van der Waals surface area contributed by atoms with Crippen molar-refractivity contribution in [1.29, 1.82) is 0 Å². The summed E-state index contributed by atoms with van der Waals surface area (Å²) in [5.41, 5.74) is 2.56. The summed E-state index contributed by atoms with van der Waals surface area (Å²) in [5.74, 6) is 0.0291. The van der Waals surface area contributed by atoms with Crippen LogP contribution in [-0.4, -0.2) is 34.3 Å². The molecule has 2 atom stereocenters. The van der Waals surface area contributed by atoms with Gasteiger partial charge < -0.3 is 10.6 Å². The summed E-state index contributed by atoms with van der Waals surface area (Å²) in [4.78, 5) is 12.5. The van der Waals surface area contributed by atoms with E-state index in [1.807, 2.05) is 18.5 Å². The summed E-state index contributed by atoms with van der Waals surface area (Å²) in [7, 11) is 0. The fourth-order valence-electron chi connectivity index (χ4n) is 2.98. The third-order valence-electron chi connectivity index (χ3n) is 4.00. The van der Waals surface area contributed by atoms with Crippen LogP contribution in [-0.2, 0) is 6.54 Å². The molecule has 1 amide bonds. The average Bonchev–Trinajstić information content (AvgIpc) is 2.65. The molecule has 0 bridgehead atoms. The van der Waals surface area contributed by atoms with Gasteiger partial charge in [0.05, 0.1) is 11.3 Å². The molecule has 0 spiro atoms. The van der Waals surface area contributed by atoms with Crippen LogP contribution in [0.2, 0.25) is 0 Å². The van der Waals surface area contributed by atoms with Crippen molar-refractivity contribution in [3.8, 4) is 0 Å². The molecular weight excluding hydrogens is 288 g/mol. The van der Waals surface area contributed by atoms with Crippen molar-refractivity contribution in [1.82, 2.24) is 20.4 Å². The zero-order valence-electron chi connectivity index (χ0n) is 13.4. The topological polar surface area (TPSA) is 59.0 Å². The number of amides is 1. The Hall–Kier alpha value is -1.07. The lowest BCUT2D eigenvalue weighted by Crippen LogP contribution is -2.46. The Kier molecular flexibility index (Phi) is 6.68. The molecule has 1 aromatic heterocycles. The van der Waals surface area contributed by atoms with E-state index in [2.05, 4.69) is 29.6 Å². The molecule has 1 aliphatic rings. The van der Waals surface area contributed by atoms with Crippen LogP contribution in [0.3, 0.4) is 0 Å². The van der Waals surface area contributed by atoms with Crippen LogP contribution in [0, 0.1) is 13.8 Å². The van der Waals surface area contributed by atoms with Gasteiger partial charge in [-0.3, -0.25) is 9.48 Å². The van der Waals surface area contributed by atoms with E-state index in [1.165, 1.54) is 0 Å². The Labute approximate surface area is 133 Å². The van der Waals surface area contributed by atoms with E-state index in [0.29, 0.717) is 6.04 Å². The SMILES string of the molecule is CCCn1nc(C)c(C(=O)NC2CCNC(C)C2)c1C.Cl. The van der Waals surface area contributed by atoms with E-state index in [0.717, 1.165) is 49.3 Å². The highest BCUT2D eigenvalue weighted by atomic mass is 35.5. The molecule has 1 aliphatic heterocycles. The summed E-state index contributed by atoms with van der Waals surface area (Å²) in [6.45, 7) is 10.0. The highest BCUT2D eigenvalue weighted by Gasteiger charge is 2.24. The average molecular weight is 315 g/mol. The first-order valence-electron chi connectivity index (χ1n) is 7.61. The van der Waals surface area contributed by atoms with Crippen LogP contribution in [0.1, 0.15) is 54.9 Å². The predicted molar refractivity (Wildman–Crippen MR) is 87.2 cm³/mol. The van der Waals surface area contributed by atoms with Crippen molar-refractivity contribution in [3.63, 3.8) is 0 Å². The lowest BCUT2D eigenvalue weighted by Gasteiger charge is -2.28. The minimum atomic E-state index is 0. The van der Waals surface area contributed by atoms with E-state index in [4.69, 9.17) is 0 Å². The number of hydrogen-bond acceptors (Lipinski definition) is 3. The van der Waals surface area contributed by atoms with Gasteiger partial charge in [0.2, 0.25) is 0 Å². The second kappa shape index (κ2) is 7.80. The molecule has 0 radical (unpaired) electrons. The minimum absolute atomic E-state index is 0. The largest absolute Gasteiger partial charge is 0.349 e. The highest BCUT2D eigenvalue weighted by molar-refractivity contribution is 5.96. The zero-order valence-corrected chi connectivity index (χ0v) is 14.2. The summed E-state index contributed by atoms with van der Waals surface area (Å²) in [6, 6.07) is 0.742. The molecule has 2 N–H and O–H groups in total. The van der Waals surface area contributed by atoms with Gasteiger partial charge in [-0.25, -0.2) is 0 Å². The molecule has 2 heterocycles. The number of halogens is 1. The zero-order chi connectivity index (χ0) is 14.7. The molecule has 0 saturated carbocycles. The molecule has 0 aromatic carbocycles. The molecule has 0 aliphatic carbocycles. The van der Waals surface area contributed by atoms with Gasteiger partial charge in [0.25, 0.3) is 5.91 Å². The Morgan fingerprint density at radius 1 is 1.48 bits per heavy atom. The number of rotatable bonds is 4. The molecule has 2 unspecified atom stereocenters. The number of carbonyl (C=O) groups excluding carboxylic acids is 1. The number of hydrogen-bond donors (Lipinski definition) is 2. The van der Waals surface area contributed by atoms with Crippen LogP contribution in [0.5, 0.6) is 0 Å². The number of aromatic nitrogens is 2. The maximum absolute atomic E-state index is 12.5. The highest BCUT2D eigenvalue weighted by Crippen LogP contribution is 2.15. The second-order valence-corrected chi connectivity index (χ2v) is 5.82. The molecule has 21 heavy (non-hydrogen) atoms. The molecular formula is C15H27ClN4O. The lowest BCUT2D eigenvalue weighted by atomic mass is 10.00. The van der Waals surface area contributed by atoms with Crippen molar-refractivity contribution >= 4 is 18.3 Å². The van der Waals surface area contributed by atoms with E-state index in [9.17, 15) is 4.79 Å². The Balaban J connectivity index is 0.00000220. The van der Waals surface area contributed by atoms with Crippen LogP contribution in [0.4, 0.5) is 0 Å². The van der Waals surface area contributed by atoms with Crippen molar-refractivity contribution in [3.05, 3.63) is 17.0 Å². The number of nitrogens with zero attached hydrogens (tertiary/aromatic N) is 2. The fourth-order valence-corrected chi connectivity index (χ4v) is 2.98. The minimum Gasteiger partial charge on any atom is -0.349 e. The summed E-state index contributed by atoms with van der Waals surface area (Å²) in [6.07, 6.45) is 3.01. The Morgan fingerprint density at radius 2 is 2.19 bits per heavy atom. The first kappa shape index (κ1) is 18.0. The van der Waals surface area contributed by atoms with Crippen LogP contribution in [0.25, 0.3) is 0 Å². The smallest absolute Gasteiger partial charge is 0.255 e. The van der Waals surface area contributed by atoms with Gasteiger partial charge in [-0.1, -0.05) is 6.92 Å². The van der Waals surface area contributed by atoms with Gasteiger partial charge in [0, 0.05) is 24.3 Å². The summed E-state index contributed by atoms with van der Waals surface area (Å²) in [5, 5.41) is 11.0. The van der Waals surface area contributed by atoms with E-state index in [1.54, 1.807) is 0 Å². The monoisotopic (exact) mass is 314 g/mol. The van der Waals surface area contributed by atoms with Crippen molar-refractivity contribution in [2.24, 2.45) is 0 Å². The quantitative estimate of drug-likeness (QED) is 0.895. The second-order valence-electron chi connectivity index (χ2n) is 5.82. The van der Waals surface area contributed by atoms with E-state index < -0.39 is 0 Å². The molecule has 6 heteroatoms. The molecule has 5 nitrogen and oxygen atoms in total. The third kappa shape index (κ3) is 4.20. The van der Waals surface area contributed by atoms with Crippen molar-refractivity contribution < 1.29 is 4.79 Å². The molecule has 1 aromatic rings. The van der Waals surface area contributed by atoms with Gasteiger partial charge in [-0.05, 0) is 46.6 Å². The van der Waals surface area contributed by atoms with Crippen molar-refractivity contribution in [2.45, 2.75) is 65.6 Å². The first-order valence-corrected chi connectivity index (χ1v) is 7.61. The van der Waals surface area contributed by atoms with E-state index >= 15 is 0 Å². The number of carbonyl (C=O) groups is 1. The van der Waals surface area contributed by atoms with Crippen molar-refractivity contribution in [2.75, 3.05) is 6.54 Å². The Bertz CT molecular complexity index is 486. The number of piperidine rings is 1. The van der Waals surface area contributed by atoms with Crippen LogP contribution in [0.15, 0.2) is 0 Å². The molecule has 120 valence electrons. The van der Waals surface area contributed by atoms with E-state index in [-0.39, 0.29) is 24.4 Å². The lowest BCUT2D eigenvalue weighted by molar-refractivity contribution is 0.0924. The molecule has 1 fully saturated rings. The van der Waals surface area contributed by atoms with Gasteiger partial charge in [-0.2, -0.15) is 5.10 Å².